The summed E-state index contributed by atoms with van der Waals surface area (Å²) >= 11 is 0. The molecule has 0 aromatic carbocycles. The van der Waals surface area contributed by atoms with Gasteiger partial charge in [-0.05, 0) is 51.3 Å². The minimum Gasteiger partial charge on any atom is -0.359 e. The van der Waals surface area contributed by atoms with Gasteiger partial charge in [0.2, 0.25) is 0 Å². The maximum atomic E-state index is 5.49. The van der Waals surface area contributed by atoms with E-state index < -0.39 is 0 Å². The van der Waals surface area contributed by atoms with Gasteiger partial charge in [-0.2, -0.15) is 0 Å². The van der Waals surface area contributed by atoms with E-state index in [1.165, 1.54) is 31.4 Å². The second-order valence-corrected chi connectivity index (χ2v) is 6.14. The molecule has 0 N–H and O–H groups in total. The SMILES string of the molecule is Cc1cc(C2CCCN2Cc2cccn2C2CC2)on1. The summed E-state index contributed by atoms with van der Waals surface area (Å²) in [7, 11) is 0. The summed E-state index contributed by atoms with van der Waals surface area (Å²) in [5.41, 5.74) is 2.42. The molecule has 0 bridgehead atoms. The maximum Gasteiger partial charge on any atom is 0.154 e. The van der Waals surface area contributed by atoms with Crippen LogP contribution in [-0.4, -0.2) is 21.2 Å². The van der Waals surface area contributed by atoms with Crippen LogP contribution in [0.25, 0.3) is 0 Å². The van der Waals surface area contributed by atoms with E-state index in [2.05, 4.69) is 39.0 Å². The molecular formula is C16H21N3O. The molecule has 0 radical (unpaired) electrons. The lowest BCUT2D eigenvalue weighted by Crippen LogP contribution is -2.23. The topological polar surface area (TPSA) is 34.2 Å². The first-order valence-corrected chi connectivity index (χ1v) is 7.64. The average molecular weight is 271 g/mol. The molecule has 1 atom stereocenters. The van der Waals surface area contributed by atoms with Gasteiger partial charge < -0.3 is 9.09 Å². The number of nitrogens with zero attached hydrogens (tertiary/aromatic N) is 3. The average Bonchev–Trinajstić information content (AvgIpc) is 2.86. The Labute approximate surface area is 119 Å². The van der Waals surface area contributed by atoms with E-state index in [4.69, 9.17) is 4.52 Å². The molecule has 3 heterocycles. The van der Waals surface area contributed by atoms with Crippen molar-refractivity contribution in [3.8, 4) is 0 Å². The monoisotopic (exact) mass is 271 g/mol. The van der Waals surface area contributed by atoms with Crippen LogP contribution in [0.2, 0.25) is 0 Å². The Kier molecular flexibility index (Phi) is 2.91. The van der Waals surface area contributed by atoms with Gasteiger partial charge in [-0.3, -0.25) is 4.90 Å². The molecule has 4 nitrogen and oxygen atoms in total. The highest BCUT2D eigenvalue weighted by molar-refractivity contribution is 5.14. The van der Waals surface area contributed by atoms with Crippen molar-refractivity contribution in [1.82, 2.24) is 14.6 Å². The van der Waals surface area contributed by atoms with Gasteiger partial charge in [0.1, 0.15) is 0 Å². The van der Waals surface area contributed by atoms with Gasteiger partial charge in [0.05, 0.1) is 11.7 Å². The van der Waals surface area contributed by atoms with E-state index in [-0.39, 0.29) is 0 Å². The third-order valence-electron chi connectivity index (χ3n) is 4.51. The zero-order valence-corrected chi connectivity index (χ0v) is 12.0. The lowest BCUT2D eigenvalue weighted by atomic mass is 10.1. The third-order valence-corrected chi connectivity index (χ3v) is 4.51. The molecule has 20 heavy (non-hydrogen) atoms. The molecule has 1 aliphatic heterocycles. The first-order chi connectivity index (χ1) is 9.81. The zero-order chi connectivity index (χ0) is 13.5. The van der Waals surface area contributed by atoms with Gasteiger partial charge in [-0.25, -0.2) is 0 Å². The van der Waals surface area contributed by atoms with E-state index in [9.17, 15) is 0 Å². The number of aryl methyl sites for hydroxylation is 1. The molecule has 2 aliphatic rings. The van der Waals surface area contributed by atoms with Crippen molar-refractivity contribution < 1.29 is 4.52 Å². The second kappa shape index (κ2) is 4.77. The van der Waals surface area contributed by atoms with Crippen LogP contribution in [0.5, 0.6) is 0 Å². The molecule has 106 valence electrons. The molecule has 1 unspecified atom stereocenters. The fourth-order valence-corrected chi connectivity index (χ4v) is 3.36. The van der Waals surface area contributed by atoms with Crippen LogP contribution >= 0.6 is 0 Å². The highest BCUT2D eigenvalue weighted by Crippen LogP contribution is 2.38. The summed E-state index contributed by atoms with van der Waals surface area (Å²) in [6, 6.07) is 7.69. The van der Waals surface area contributed by atoms with Crippen molar-refractivity contribution in [3.63, 3.8) is 0 Å². The molecule has 4 rings (SSSR count). The summed E-state index contributed by atoms with van der Waals surface area (Å²) in [5, 5.41) is 4.04. The Morgan fingerprint density at radius 1 is 1.35 bits per heavy atom. The van der Waals surface area contributed by atoms with Gasteiger partial charge >= 0.3 is 0 Å². The molecular weight excluding hydrogens is 250 g/mol. The largest absolute Gasteiger partial charge is 0.359 e. The van der Waals surface area contributed by atoms with Crippen molar-refractivity contribution in [2.75, 3.05) is 6.54 Å². The van der Waals surface area contributed by atoms with Gasteiger partial charge in [0, 0.05) is 30.5 Å². The second-order valence-electron chi connectivity index (χ2n) is 6.14. The number of likely N-dealkylation sites (tertiary alicyclic amines) is 1. The Balaban J connectivity index is 1.53. The summed E-state index contributed by atoms with van der Waals surface area (Å²) < 4.78 is 7.95. The van der Waals surface area contributed by atoms with Gasteiger partial charge in [0.15, 0.2) is 5.76 Å². The van der Waals surface area contributed by atoms with Crippen molar-refractivity contribution in [2.45, 2.75) is 51.2 Å². The van der Waals surface area contributed by atoms with Crippen LogP contribution in [0, 0.1) is 6.92 Å². The predicted octanol–water partition coefficient (Wildman–Crippen LogP) is 3.46. The molecule has 1 aliphatic carbocycles. The Morgan fingerprint density at radius 2 is 2.25 bits per heavy atom. The lowest BCUT2D eigenvalue weighted by Gasteiger charge is -2.23. The number of rotatable bonds is 4. The normalized spacial score (nSPS) is 23.6. The van der Waals surface area contributed by atoms with Crippen LogP contribution in [0.15, 0.2) is 28.9 Å². The van der Waals surface area contributed by atoms with Crippen molar-refractivity contribution in [1.29, 1.82) is 0 Å². The Hall–Kier alpha value is -1.55. The van der Waals surface area contributed by atoms with Crippen molar-refractivity contribution in [3.05, 3.63) is 41.5 Å². The molecule has 4 heteroatoms. The summed E-state index contributed by atoms with van der Waals surface area (Å²) in [6.45, 7) is 4.17. The first-order valence-electron chi connectivity index (χ1n) is 7.64. The first kappa shape index (κ1) is 12.2. The molecule has 2 aromatic rings. The molecule has 0 amide bonds. The van der Waals surface area contributed by atoms with E-state index in [0.717, 1.165) is 30.6 Å². The fraction of sp³-hybridized carbons (Fsp3) is 0.562. The van der Waals surface area contributed by atoms with E-state index in [1.54, 1.807) is 0 Å². The highest BCUT2D eigenvalue weighted by atomic mass is 16.5. The minimum absolute atomic E-state index is 0.402. The van der Waals surface area contributed by atoms with Crippen LogP contribution < -0.4 is 0 Å². The summed E-state index contributed by atoms with van der Waals surface area (Å²) in [4.78, 5) is 2.54. The Bertz CT molecular complexity index is 596. The standard InChI is InChI=1S/C16H21N3O/c1-12-10-16(20-17-12)15-5-3-8-18(15)11-14-4-2-9-19(14)13-6-7-13/h2,4,9-10,13,15H,3,5-8,11H2,1H3. The van der Waals surface area contributed by atoms with Gasteiger partial charge in [-0.15, -0.1) is 0 Å². The minimum atomic E-state index is 0.402. The van der Waals surface area contributed by atoms with Crippen molar-refractivity contribution >= 4 is 0 Å². The van der Waals surface area contributed by atoms with Crippen LogP contribution in [0.3, 0.4) is 0 Å². The molecule has 1 saturated heterocycles. The molecule has 2 fully saturated rings. The molecule has 1 saturated carbocycles. The fourth-order valence-electron chi connectivity index (χ4n) is 3.36. The number of aromatic nitrogens is 2. The van der Waals surface area contributed by atoms with Gasteiger partial charge in [0.25, 0.3) is 0 Å². The molecule has 2 aromatic heterocycles. The summed E-state index contributed by atoms with van der Waals surface area (Å²) in [6.07, 6.45) is 7.34. The smallest absolute Gasteiger partial charge is 0.154 e. The summed E-state index contributed by atoms with van der Waals surface area (Å²) in [5.74, 6) is 1.03. The quantitative estimate of drug-likeness (QED) is 0.854. The number of hydrogen-bond donors (Lipinski definition) is 0. The van der Waals surface area contributed by atoms with Crippen molar-refractivity contribution in [2.24, 2.45) is 0 Å². The highest BCUT2D eigenvalue weighted by Gasteiger charge is 2.31. The van der Waals surface area contributed by atoms with E-state index in [1.807, 2.05) is 6.92 Å². The van der Waals surface area contributed by atoms with Crippen LogP contribution in [0.4, 0.5) is 0 Å². The predicted molar refractivity (Wildman–Crippen MR) is 76.3 cm³/mol. The van der Waals surface area contributed by atoms with Gasteiger partial charge in [-0.1, -0.05) is 5.16 Å². The van der Waals surface area contributed by atoms with E-state index >= 15 is 0 Å². The van der Waals surface area contributed by atoms with Crippen LogP contribution in [-0.2, 0) is 6.54 Å². The lowest BCUT2D eigenvalue weighted by molar-refractivity contribution is 0.202. The Morgan fingerprint density at radius 3 is 3.00 bits per heavy atom. The van der Waals surface area contributed by atoms with Crippen LogP contribution in [0.1, 0.15) is 54.9 Å². The number of hydrogen-bond acceptors (Lipinski definition) is 3. The zero-order valence-electron chi connectivity index (χ0n) is 12.0. The maximum absolute atomic E-state index is 5.49. The third kappa shape index (κ3) is 2.18. The molecule has 0 spiro atoms. The van der Waals surface area contributed by atoms with E-state index in [0.29, 0.717) is 6.04 Å².